The third-order valence-corrected chi connectivity index (χ3v) is 102. The molecule has 0 aliphatic carbocycles. The van der Waals surface area contributed by atoms with Crippen molar-refractivity contribution in [3.05, 3.63) is 0 Å². The number of ether oxygens (including phenoxy) is 1. The van der Waals surface area contributed by atoms with E-state index in [9.17, 15) is 4.79 Å². The zero-order valence-corrected chi connectivity index (χ0v) is 31.8. The molecule has 3 fully saturated rings. The Morgan fingerprint density at radius 3 is 1.49 bits per heavy atom. The van der Waals surface area contributed by atoms with E-state index in [2.05, 4.69) is 97.3 Å². The van der Waals surface area contributed by atoms with Crippen LogP contribution in [0.4, 0.5) is 0 Å². The molecule has 0 saturated carbocycles. The standard InChI is InChI=1S/C27H58O2Si6/c1-14-15-16-17-18-19-20-21-22-23-24-29-25(28)27-33(8,9)30(2,3)26(31(4,5)34(27,10)11)32(6,7)35(27,12)13/h26H,14-21,24H2,1-13H3. The molecule has 0 aromatic heterocycles. The minimum Gasteiger partial charge on any atom is -0.453 e. The summed E-state index contributed by atoms with van der Waals surface area (Å²) in [6.07, 6.45) is 10.1. The van der Waals surface area contributed by atoms with Crippen molar-refractivity contribution in [3.8, 4) is 11.8 Å². The molecule has 3 aliphatic heterocycles. The first-order valence-corrected chi connectivity index (χ1v) is 35.7. The van der Waals surface area contributed by atoms with Crippen LogP contribution >= 0.6 is 0 Å². The highest BCUT2D eigenvalue weighted by Gasteiger charge is 2.89. The molecule has 0 aromatic rings. The predicted octanol–water partition coefficient (Wildman–Crippen LogP) is 8.45. The Morgan fingerprint density at radius 1 is 0.657 bits per heavy atom. The average molecular weight is 583 g/mol. The van der Waals surface area contributed by atoms with Gasteiger partial charge in [0, 0.05) is 33.5 Å². The molecule has 202 valence electrons. The Labute approximate surface area is 224 Å². The Morgan fingerprint density at radius 2 is 1.06 bits per heavy atom. The molecule has 2 nitrogen and oxygen atoms in total. The second-order valence-electron chi connectivity index (χ2n) is 15.0. The Bertz CT molecular complexity index is 778. The van der Waals surface area contributed by atoms with Gasteiger partial charge in [0.2, 0.25) is 0 Å². The fourth-order valence-electron chi connectivity index (χ4n) is 9.87. The van der Waals surface area contributed by atoms with Crippen molar-refractivity contribution in [2.24, 2.45) is 0 Å². The predicted molar refractivity (Wildman–Crippen MR) is 173 cm³/mol. The third kappa shape index (κ3) is 4.30. The van der Waals surface area contributed by atoms with Gasteiger partial charge in [0.05, 0.1) is 22.8 Å². The number of hydrogen-bond donors (Lipinski definition) is 0. The number of esters is 1. The summed E-state index contributed by atoms with van der Waals surface area (Å²) in [7, 11) is -10.3. The monoisotopic (exact) mass is 582 g/mol. The van der Waals surface area contributed by atoms with Gasteiger partial charge in [0.25, 0.3) is 0 Å². The molecular weight excluding hydrogens is 525 g/mol. The first-order valence-electron chi connectivity index (χ1n) is 14.5. The highest BCUT2D eigenvalue weighted by Crippen LogP contribution is 2.74. The summed E-state index contributed by atoms with van der Waals surface area (Å²) in [6.45, 7) is 34.8. The summed E-state index contributed by atoms with van der Waals surface area (Å²) in [5.41, 5.74) is 0. The summed E-state index contributed by atoms with van der Waals surface area (Å²) in [6, 6.07) is 0. The van der Waals surface area contributed by atoms with Crippen LogP contribution in [-0.2, 0) is 9.53 Å². The maximum Gasteiger partial charge on any atom is 0.304 e. The lowest BCUT2D eigenvalue weighted by molar-refractivity contribution is -0.141. The number of carbonyl (C=O) groups is 1. The minimum absolute atomic E-state index is 0.0525. The van der Waals surface area contributed by atoms with Crippen LogP contribution in [0.15, 0.2) is 0 Å². The maximum absolute atomic E-state index is 14.6. The van der Waals surface area contributed by atoms with E-state index in [1.165, 1.54) is 44.9 Å². The zero-order valence-electron chi connectivity index (χ0n) is 25.8. The van der Waals surface area contributed by atoms with E-state index in [1.807, 2.05) is 0 Å². The molecule has 0 spiro atoms. The van der Waals surface area contributed by atoms with Gasteiger partial charge in [-0.05, 0) is 6.42 Å². The summed E-state index contributed by atoms with van der Waals surface area (Å²) in [5.74, 6) is 6.83. The summed E-state index contributed by atoms with van der Waals surface area (Å²) in [4.78, 5) is 15.7. The molecule has 3 aliphatic rings. The first-order chi connectivity index (χ1) is 15.8. The van der Waals surface area contributed by atoms with E-state index in [0.717, 1.165) is 11.2 Å². The Hall–Kier alpha value is 0.331. The van der Waals surface area contributed by atoms with Crippen molar-refractivity contribution in [2.75, 3.05) is 6.61 Å². The van der Waals surface area contributed by atoms with Crippen molar-refractivity contribution in [1.29, 1.82) is 0 Å². The molecule has 0 radical (unpaired) electrons. The molecule has 3 heterocycles. The van der Waals surface area contributed by atoms with Gasteiger partial charge in [0.1, 0.15) is 0 Å². The van der Waals surface area contributed by atoms with Crippen LogP contribution in [0.1, 0.15) is 58.3 Å². The molecule has 0 amide bonds. The van der Waals surface area contributed by atoms with E-state index in [-0.39, 0.29) is 10.3 Å². The minimum atomic E-state index is -1.85. The lowest BCUT2D eigenvalue weighted by atomic mass is 10.1. The van der Waals surface area contributed by atoms with Gasteiger partial charge in [-0.1, -0.05) is 141 Å². The van der Waals surface area contributed by atoms with Gasteiger partial charge in [-0.25, -0.2) is 0 Å². The highest BCUT2D eigenvalue weighted by molar-refractivity contribution is 7.78. The highest BCUT2D eigenvalue weighted by atomic mass is 29.4. The normalized spacial score (nSPS) is 30.3. The van der Waals surface area contributed by atoms with Crippen LogP contribution in [0.25, 0.3) is 0 Å². The molecule has 0 aromatic carbocycles. The Kier molecular flexibility index (Phi) is 9.45. The summed E-state index contributed by atoms with van der Waals surface area (Å²) in [5, 5.41) is 0. The largest absolute Gasteiger partial charge is 0.453 e. The fraction of sp³-hybridized carbons (Fsp3) is 0.889. The van der Waals surface area contributed by atoms with Crippen LogP contribution in [0, 0.1) is 11.8 Å². The van der Waals surface area contributed by atoms with Crippen molar-refractivity contribution >= 4 is 51.5 Å². The smallest absolute Gasteiger partial charge is 0.304 e. The fourth-order valence-corrected chi connectivity index (χ4v) is 154. The summed E-state index contributed by atoms with van der Waals surface area (Å²) < 4.78 is 6.27. The summed E-state index contributed by atoms with van der Waals surface area (Å²) >= 11 is 0. The topological polar surface area (TPSA) is 26.3 Å². The SMILES string of the molecule is CCCCCCCCCC#CCOC(=O)C12[Si](C)(C)[Si](C)(C)C([Si](C)(C)[Si]1(C)C)[Si](C)(C)[Si]2(C)C. The van der Waals surface area contributed by atoms with Gasteiger partial charge in [-0.15, -0.1) is 0 Å². The first kappa shape index (κ1) is 31.5. The number of carbonyl (C=O) groups excluding carboxylic acids is 1. The van der Waals surface area contributed by atoms with Crippen LogP contribution in [0.2, 0.25) is 87.6 Å². The average Bonchev–Trinajstić information content (AvgIpc) is 2.69. The number of unbranched alkanes of at least 4 members (excludes halogenated alkanes) is 7. The van der Waals surface area contributed by atoms with Crippen LogP contribution in [0.3, 0.4) is 0 Å². The van der Waals surface area contributed by atoms with Gasteiger partial charge in [0.15, 0.2) is 6.61 Å². The van der Waals surface area contributed by atoms with Gasteiger partial charge >= 0.3 is 5.97 Å². The molecule has 3 saturated heterocycles. The maximum atomic E-state index is 14.6. The second kappa shape index (κ2) is 10.5. The molecule has 8 heteroatoms. The van der Waals surface area contributed by atoms with Crippen LogP contribution in [-0.4, -0.2) is 58.1 Å². The molecule has 35 heavy (non-hydrogen) atoms. The number of fused-ring (bicyclic) bond motifs is 3. The lowest BCUT2D eigenvalue weighted by Gasteiger charge is -2.83. The molecular formula is C27H58O2Si6. The lowest BCUT2D eigenvalue weighted by Crippen LogP contribution is -3.01. The zero-order chi connectivity index (χ0) is 27.1. The second-order valence-corrected chi connectivity index (χ2v) is 65.2. The third-order valence-electron chi connectivity index (χ3n) is 12.4. The molecule has 0 unspecified atom stereocenters. The Balaban J connectivity index is 2.27. The van der Waals surface area contributed by atoms with Gasteiger partial charge < -0.3 is 4.74 Å². The van der Waals surface area contributed by atoms with E-state index in [0.29, 0.717) is 6.61 Å². The number of rotatable bonds is 9. The molecule has 2 bridgehead atoms. The van der Waals surface area contributed by atoms with Crippen molar-refractivity contribution < 1.29 is 9.53 Å². The van der Waals surface area contributed by atoms with Gasteiger partial charge in [-0.3, -0.25) is 4.79 Å². The van der Waals surface area contributed by atoms with Crippen molar-refractivity contribution in [1.82, 2.24) is 0 Å². The van der Waals surface area contributed by atoms with E-state index in [4.69, 9.17) is 4.74 Å². The van der Waals surface area contributed by atoms with Crippen molar-refractivity contribution in [3.63, 3.8) is 0 Å². The van der Waals surface area contributed by atoms with Crippen molar-refractivity contribution in [2.45, 2.75) is 146 Å². The van der Waals surface area contributed by atoms with E-state index >= 15 is 0 Å². The van der Waals surface area contributed by atoms with Crippen LogP contribution in [0.5, 0.6) is 0 Å². The number of hydrogen-bond acceptors (Lipinski definition) is 2. The van der Waals surface area contributed by atoms with Crippen LogP contribution < -0.4 is 0 Å². The molecule has 0 atom stereocenters. The van der Waals surface area contributed by atoms with Gasteiger partial charge in [-0.2, -0.15) is 0 Å². The quantitative estimate of drug-likeness (QED) is 0.118. The molecule has 3 rings (SSSR count). The van der Waals surface area contributed by atoms with E-state index < -0.39 is 45.5 Å². The molecule has 0 N–H and O–H groups in total. The van der Waals surface area contributed by atoms with E-state index in [1.54, 1.807) is 0 Å².